The lowest BCUT2D eigenvalue weighted by atomic mass is 10.1. The Hall–Kier alpha value is -1.10. The van der Waals surface area contributed by atoms with Gasteiger partial charge in [0.25, 0.3) is 0 Å². The molecule has 0 bridgehead atoms. The molecule has 1 aromatic carbocycles. The van der Waals surface area contributed by atoms with Gasteiger partial charge in [-0.2, -0.15) is 0 Å². The number of morpholine rings is 1. The zero-order valence-corrected chi connectivity index (χ0v) is 13.1. The van der Waals surface area contributed by atoms with Gasteiger partial charge in [0, 0.05) is 37.3 Å². The molecule has 2 aliphatic rings. The maximum atomic E-state index is 5.54. The van der Waals surface area contributed by atoms with E-state index in [-0.39, 0.29) is 0 Å². The highest BCUT2D eigenvalue weighted by Gasteiger charge is 2.22. The molecule has 4 nitrogen and oxygen atoms in total. The smallest absolute Gasteiger partial charge is 0.123 e. The summed E-state index contributed by atoms with van der Waals surface area (Å²) in [6.07, 6.45) is 2.66. The fourth-order valence-electron chi connectivity index (χ4n) is 2.83. The van der Waals surface area contributed by atoms with E-state index in [2.05, 4.69) is 35.3 Å². The standard InChI is InChI=1S/C17H26N2O2/c1-13-12-21-8-7-19(13)11-15-9-14(3-6-17(15)20-2)10-18-16-4-5-16/h3,6,9,13,16,18H,4-5,7-8,10-12H2,1-2H3. The monoisotopic (exact) mass is 290 g/mol. The van der Waals surface area contributed by atoms with Gasteiger partial charge in [-0.1, -0.05) is 6.07 Å². The Balaban J connectivity index is 1.69. The molecule has 1 aromatic rings. The van der Waals surface area contributed by atoms with Gasteiger partial charge < -0.3 is 14.8 Å². The minimum atomic E-state index is 0.469. The van der Waals surface area contributed by atoms with Crippen LogP contribution in [0.1, 0.15) is 30.9 Å². The summed E-state index contributed by atoms with van der Waals surface area (Å²) in [6.45, 7) is 6.77. The van der Waals surface area contributed by atoms with Crippen molar-refractivity contribution in [2.24, 2.45) is 0 Å². The highest BCUT2D eigenvalue weighted by molar-refractivity contribution is 5.37. The van der Waals surface area contributed by atoms with E-state index in [1.165, 1.54) is 24.0 Å². The Morgan fingerprint density at radius 2 is 2.24 bits per heavy atom. The number of rotatable bonds is 6. The van der Waals surface area contributed by atoms with Gasteiger partial charge in [0.2, 0.25) is 0 Å². The molecule has 0 radical (unpaired) electrons. The second kappa shape index (κ2) is 6.77. The minimum absolute atomic E-state index is 0.469. The van der Waals surface area contributed by atoms with Gasteiger partial charge in [0.1, 0.15) is 5.75 Å². The number of hydrogen-bond donors (Lipinski definition) is 1. The second-order valence-corrected chi connectivity index (χ2v) is 6.20. The summed E-state index contributed by atoms with van der Waals surface area (Å²) < 4.78 is 11.1. The largest absolute Gasteiger partial charge is 0.496 e. The lowest BCUT2D eigenvalue weighted by molar-refractivity contribution is -0.00464. The number of ether oxygens (including phenoxy) is 2. The first-order chi connectivity index (χ1) is 10.3. The van der Waals surface area contributed by atoms with Crippen molar-refractivity contribution in [2.45, 2.75) is 44.9 Å². The van der Waals surface area contributed by atoms with E-state index in [1.807, 2.05) is 0 Å². The molecule has 0 amide bonds. The molecule has 1 N–H and O–H groups in total. The third kappa shape index (κ3) is 3.96. The van der Waals surface area contributed by atoms with Crippen molar-refractivity contribution < 1.29 is 9.47 Å². The molecule has 4 heteroatoms. The van der Waals surface area contributed by atoms with Crippen molar-refractivity contribution in [1.29, 1.82) is 0 Å². The highest BCUT2D eigenvalue weighted by atomic mass is 16.5. The molecule has 1 unspecified atom stereocenters. The Bertz CT molecular complexity index is 474. The van der Waals surface area contributed by atoms with E-state index in [1.54, 1.807) is 7.11 Å². The number of methoxy groups -OCH3 is 1. The summed E-state index contributed by atoms with van der Waals surface area (Å²) in [5.41, 5.74) is 2.62. The van der Waals surface area contributed by atoms with Gasteiger partial charge in [0.15, 0.2) is 0 Å². The van der Waals surface area contributed by atoms with Crippen LogP contribution in [0.5, 0.6) is 5.75 Å². The van der Waals surface area contributed by atoms with Crippen LogP contribution >= 0.6 is 0 Å². The maximum absolute atomic E-state index is 5.54. The first-order valence-corrected chi connectivity index (χ1v) is 7.97. The zero-order valence-electron chi connectivity index (χ0n) is 13.1. The van der Waals surface area contributed by atoms with E-state index in [4.69, 9.17) is 9.47 Å². The lowest BCUT2D eigenvalue weighted by Crippen LogP contribution is -2.43. The molecule has 3 rings (SSSR count). The maximum Gasteiger partial charge on any atom is 0.123 e. The molecule has 0 spiro atoms. The molecule has 1 aliphatic heterocycles. The third-order valence-electron chi connectivity index (χ3n) is 4.40. The Morgan fingerprint density at radius 1 is 1.38 bits per heavy atom. The average Bonchev–Trinajstić information content (AvgIpc) is 3.32. The predicted octanol–water partition coefficient (Wildman–Crippen LogP) is 2.17. The number of hydrogen-bond acceptors (Lipinski definition) is 4. The Kier molecular flexibility index (Phi) is 4.78. The molecular formula is C17H26N2O2. The topological polar surface area (TPSA) is 33.7 Å². The normalized spacial score (nSPS) is 23.2. The number of benzene rings is 1. The first kappa shape index (κ1) is 14.8. The van der Waals surface area contributed by atoms with Crippen molar-refractivity contribution in [2.75, 3.05) is 26.9 Å². The molecule has 116 valence electrons. The van der Waals surface area contributed by atoms with Gasteiger partial charge in [-0.15, -0.1) is 0 Å². The number of nitrogens with one attached hydrogen (secondary N) is 1. The molecular weight excluding hydrogens is 264 g/mol. The molecule has 21 heavy (non-hydrogen) atoms. The van der Waals surface area contributed by atoms with Crippen LogP contribution in [0, 0.1) is 0 Å². The van der Waals surface area contributed by atoms with Crippen molar-refractivity contribution in [3.63, 3.8) is 0 Å². The molecule has 2 fully saturated rings. The third-order valence-corrected chi connectivity index (χ3v) is 4.40. The fraction of sp³-hybridized carbons (Fsp3) is 0.647. The molecule has 0 aromatic heterocycles. The summed E-state index contributed by atoms with van der Waals surface area (Å²) in [5, 5.41) is 3.58. The van der Waals surface area contributed by atoms with Gasteiger partial charge >= 0.3 is 0 Å². The van der Waals surface area contributed by atoms with E-state index in [0.717, 1.165) is 44.6 Å². The Morgan fingerprint density at radius 3 is 2.95 bits per heavy atom. The van der Waals surface area contributed by atoms with Gasteiger partial charge in [-0.25, -0.2) is 0 Å². The molecule has 1 saturated carbocycles. The number of nitrogens with zero attached hydrogens (tertiary/aromatic N) is 1. The molecule has 1 heterocycles. The van der Waals surface area contributed by atoms with Gasteiger partial charge in [0.05, 0.1) is 20.3 Å². The van der Waals surface area contributed by atoms with Gasteiger partial charge in [-0.05, 0) is 37.5 Å². The highest BCUT2D eigenvalue weighted by Crippen LogP contribution is 2.24. The average molecular weight is 290 g/mol. The zero-order chi connectivity index (χ0) is 14.7. The fourth-order valence-corrected chi connectivity index (χ4v) is 2.83. The van der Waals surface area contributed by atoms with Crippen LogP contribution in [0.4, 0.5) is 0 Å². The summed E-state index contributed by atoms with van der Waals surface area (Å²) in [7, 11) is 1.75. The van der Waals surface area contributed by atoms with Gasteiger partial charge in [-0.3, -0.25) is 4.90 Å². The summed E-state index contributed by atoms with van der Waals surface area (Å²) in [4.78, 5) is 2.47. The van der Waals surface area contributed by atoms with Crippen LogP contribution in [0.15, 0.2) is 18.2 Å². The minimum Gasteiger partial charge on any atom is -0.496 e. The van der Waals surface area contributed by atoms with Crippen LogP contribution in [0.2, 0.25) is 0 Å². The quantitative estimate of drug-likeness (QED) is 0.870. The van der Waals surface area contributed by atoms with Crippen molar-refractivity contribution in [3.8, 4) is 5.75 Å². The van der Waals surface area contributed by atoms with Crippen LogP contribution in [0.3, 0.4) is 0 Å². The molecule has 1 saturated heterocycles. The summed E-state index contributed by atoms with van der Waals surface area (Å²) >= 11 is 0. The van der Waals surface area contributed by atoms with Crippen molar-refractivity contribution in [1.82, 2.24) is 10.2 Å². The molecule has 1 aliphatic carbocycles. The summed E-state index contributed by atoms with van der Waals surface area (Å²) in [6, 6.07) is 7.77. The SMILES string of the molecule is COc1ccc(CNC2CC2)cc1CN1CCOCC1C. The summed E-state index contributed by atoms with van der Waals surface area (Å²) in [5.74, 6) is 0.990. The van der Waals surface area contributed by atoms with Crippen LogP contribution in [0.25, 0.3) is 0 Å². The van der Waals surface area contributed by atoms with Crippen molar-refractivity contribution >= 4 is 0 Å². The van der Waals surface area contributed by atoms with E-state index in [9.17, 15) is 0 Å². The predicted molar refractivity (Wildman–Crippen MR) is 83.5 cm³/mol. The van der Waals surface area contributed by atoms with E-state index < -0.39 is 0 Å². The van der Waals surface area contributed by atoms with Crippen molar-refractivity contribution in [3.05, 3.63) is 29.3 Å². The van der Waals surface area contributed by atoms with Crippen LogP contribution in [-0.4, -0.2) is 43.9 Å². The van der Waals surface area contributed by atoms with E-state index in [0.29, 0.717) is 6.04 Å². The van der Waals surface area contributed by atoms with E-state index >= 15 is 0 Å². The first-order valence-electron chi connectivity index (χ1n) is 7.97. The van der Waals surface area contributed by atoms with Crippen LogP contribution in [-0.2, 0) is 17.8 Å². The Labute approximate surface area is 127 Å². The second-order valence-electron chi connectivity index (χ2n) is 6.20. The molecule has 1 atom stereocenters. The van der Waals surface area contributed by atoms with Crippen LogP contribution < -0.4 is 10.1 Å². The lowest BCUT2D eigenvalue weighted by Gasteiger charge is -2.33.